The summed E-state index contributed by atoms with van der Waals surface area (Å²) in [5, 5.41) is 14.5. The maximum atomic E-state index is 12.6. The lowest BCUT2D eigenvalue weighted by molar-refractivity contribution is -0.118. The number of benzene rings is 1. The number of aromatic nitrogens is 2. The van der Waals surface area contributed by atoms with E-state index in [4.69, 9.17) is 10.5 Å². The minimum absolute atomic E-state index is 0.170. The number of fused-ring (bicyclic) bond motifs is 1. The Morgan fingerprint density at radius 2 is 2.03 bits per heavy atom. The first-order valence-electron chi connectivity index (χ1n) is 10.1. The summed E-state index contributed by atoms with van der Waals surface area (Å²) in [4.78, 5) is 37.5. The third-order valence-corrected chi connectivity index (χ3v) is 5.81. The lowest BCUT2D eigenvalue weighted by Crippen LogP contribution is -2.66. The fourth-order valence-corrected chi connectivity index (χ4v) is 4.19. The van der Waals surface area contributed by atoms with E-state index >= 15 is 0 Å². The fraction of sp³-hybridized carbons (Fsp3) is 0.429. The Kier molecular flexibility index (Phi) is 6.03. The van der Waals surface area contributed by atoms with Gasteiger partial charge in [-0.25, -0.2) is 4.79 Å². The minimum Gasteiger partial charge on any atom is -0.452 e. The SMILES string of the molecule is COC(=O)N1c2ccc(-c3cnn(CCC(N)=O)c3)cc2[N+](C(=O)O)(C(C)C)C[C@@H]1C. The summed E-state index contributed by atoms with van der Waals surface area (Å²) in [5.41, 5.74) is 7.74. The summed E-state index contributed by atoms with van der Waals surface area (Å²) in [7, 11) is 1.31. The summed E-state index contributed by atoms with van der Waals surface area (Å²) in [6.07, 6.45) is 2.08. The van der Waals surface area contributed by atoms with Crippen molar-refractivity contribution in [3.8, 4) is 11.1 Å². The van der Waals surface area contributed by atoms with E-state index in [1.54, 1.807) is 29.2 Å². The molecule has 2 atom stereocenters. The number of rotatable bonds is 5. The number of hydrogen-bond acceptors (Lipinski definition) is 5. The lowest BCUT2D eigenvalue weighted by Gasteiger charge is -2.46. The molecular formula is C21H28N5O5+. The molecule has 3 rings (SSSR count). The number of hydrogen-bond donors (Lipinski definition) is 2. The van der Waals surface area contributed by atoms with Crippen molar-refractivity contribution in [2.24, 2.45) is 5.73 Å². The molecule has 1 aliphatic rings. The number of methoxy groups -OCH3 is 1. The highest BCUT2D eigenvalue weighted by Gasteiger charge is 2.52. The van der Waals surface area contributed by atoms with Crippen molar-refractivity contribution in [3.05, 3.63) is 30.6 Å². The fourth-order valence-electron chi connectivity index (χ4n) is 4.19. The molecule has 3 N–H and O–H groups in total. The van der Waals surface area contributed by atoms with Gasteiger partial charge in [-0.15, -0.1) is 0 Å². The van der Waals surface area contributed by atoms with Crippen molar-refractivity contribution in [3.63, 3.8) is 0 Å². The zero-order chi connectivity index (χ0) is 22.9. The number of carbonyl (C=O) groups excluding carboxylic acids is 2. The number of primary amides is 1. The number of amides is 3. The maximum absolute atomic E-state index is 12.6. The van der Waals surface area contributed by atoms with E-state index in [0.717, 1.165) is 11.1 Å². The van der Waals surface area contributed by atoms with E-state index in [9.17, 15) is 19.5 Å². The van der Waals surface area contributed by atoms with Crippen LogP contribution in [0.15, 0.2) is 30.6 Å². The predicted molar refractivity (Wildman–Crippen MR) is 116 cm³/mol. The first-order chi connectivity index (χ1) is 14.6. The zero-order valence-corrected chi connectivity index (χ0v) is 18.1. The molecule has 1 aromatic carbocycles. The van der Waals surface area contributed by atoms with Crippen LogP contribution < -0.4 is 15.1 Å². The van der Waals surface area contributed by atoms with Gasteiger partial charge in [-0.1, -0.05) is 6.07 Å². The molecule has 0 radical (unpaired) electrons. The number of quaternary nitrogens is 1. The monoisotopic (exact) mass is 430 g/mol. The third kappa shape index (κ3) is 3.86. The summed E-state index contributed by atoms with van der Waals surface area (Å²) in [6.45, 7) is 6.08. The number of aryl methyl sites for hydroxylation is 1. The number of nitrogens with two attached hydrogens (primary N) is 1. The summed E-state index contributed by atoms with van der Waals surface area (Å²) in [6, 6.07) is 4.71. The first-order valence-corrected chi connectivity index (χ1v) is 10.1. The molecule has 0 saturated heterocycles. The van der Waals surface area contributed by atoms with Crippen molar-refractivity contribution in [2.45, 2.75) is 45.8 Å². The molecule has 0 aliphatic carbocycles. The normalized spacial score (nSPS) is 20.4. The van der Waals surface area contributed by atoms with Gasteiger partial charge >= 0.3 is 12.2 Å². The Bertz CT molecular complexity index is 1020. The number of ether oxygens (including phenoxy) is 1. The average Bonchev–Trinajstić information content (AvgIpc) is 3.19. The van der Waals surface area contributed by atoms with Gasteiger partial charge in [-0.05, 0) is 32.4 Å². The van der Waals surface area contributed by atoms with Crippen molar-refractivity contribution in [1.82, 2.24) is 14.3 Å². The Morgan fingerprint density at radius 3 is 2.61 bits per heavy atom. The minimum atomic E-state index is -0.984. The quantitative estimate of drug-likeness (QED) is 0.702. The van der Waals surface area contributed by atoms with Crippen LogP contribution in [0.1, 0.15) is 27.2 Å². The van der Waals surface area contributed by atoms with E-state index < -0.39 is 18.1 Å². The van der Waals surface area contributed by atoms with Crippen LogP contribution in [0.5, 0.6) is 0 Å². The molecular weight excluding hydrogens is 402 g/mol. The number of carbonyl (C=O) groups is 3. The van der Waals surface area contributed by atoms with Gasteiger partial charge in [0.05, 0.1) is 25.4 Å². The van der Waals surface area contributed by atoms with Gasteiger partial charge in [-0.2, -0.15) is 14.4 Å². The van der Waals surface area contributed by atoms with E-state index in [-0.39, 0.29) is 29.5 Å². The zero-order valence-electron chi connectivity index (χ0n) is 18.1. The van der Waals surface area contributed by atoms with E-state index in [0.29, 0.717) is 17.9 Å². The van der Waals surface area contributed by atoms with Crippen LogP contribution in [0, 0.1) is 0 Å². The van der Waals surface area contributed by atoms with Crippen molar-refractivity contribution in [2.75, 3.05) is 18.6 Å². The Balaban J connectivity index is 2.14. The maximum Gasteiger partial charge on any atom is 0.519 e. The van der Waals surface area contributed by atoms with E-state index in [1.807, 2.05) is 26.8 Å². The highest BCUT2D eigenvalue weighted by molar-refractivity contribution is 5.99. The Hall–Kier alpha value is -3.40. The van der Waals surface area contributed by atoms with Crippen molar-refractivity contribution in [1.29, 1.82) is 0 Å². The highest BCUT2D eigenvalue weighted by atomic mass is 16.5. The van der Waals surface area contributed by atoms with Crippen LogP contribution in [0.25, 0.3) is 11.1 Å². The molecule has 10 nitrogen and oxygen atoms in total. The number of anilines is 1. The molecule has 31 heavy (non-hydrogen) atoms. The van der Waals surface area contributed by atoms with Crippen LogP contribution in [0.2, 0.25) is 0 Å². The van der Waals surface area contributed by atoms with Crippen LogP contribution in [0.4, 0.5) is 21.0 Å². The molecule has 0 bridgehead atoms. The smallest absolute Gasteiger partial charge is 0.452 e. The predicted octanol–water partition coefficient (Wildman–Crippen LogP) is 2.79. The molecule has 166 valence electrons. The second kappa shape index (κ2) is 8.38. The number of nitrogens with zero attached hydrogens (tertiary/aromatic N) is 4. The topological polar surface area (TPSA) is 128 Å². The molecule has 3 amide bonds. The highest BCUT2D eigenvalue weighted by Crippen LogP contribution is 2.44. The molecule has 1 aromatic heterocycles. The van der Waals surface area contributed by atoms with Gasteiger partial charge in [0.25, 0.3) is 0 Å². The second-order valence-corrected chi connectivity index (χ2v) is 8.03. The van der Waals surface area contributed by atoms with Crippen LogP contribution >= 0.6 is 0 Å². The van der Waals surface area contributed by atoms with Crippen LogP contribution in [-0.4, -0.2) is 58.7 Å². The molecule has 1 unspecified atom stereocenters. The van der Waals surface area contributed by atoms with E-state index in [1.165, 1.54) is 12.0 Å². The molecule has 2 aromatic rings. The van der Waals surface area contributed by atoms with Gasteiger partial charge in [0, 0.05) is 30.8 Å². The summed E-state index contributed by atoms with van der Waals surface area (Å²) < 4.78 is 6.26. The van der Waals surface area contributed by atoms with E-state index in [2.05, 4.69) is 5.10 Å². The standard InChI is InChI=1S/C21H27N5O5/c1-13(2)26(21(29)30)12-14(3)25(20(28)31-4)17-6-5-15(9-18(17)26)16-10-23-24(11-16)8-7-19(22)27/h5-6,9-11,13-14H,7-8,12H2,1-4H3,(H2-,22,27,29,30)/p+1/t14-,26?/m0/s1. The van der Waals surface area contributed by atoms with Gasteiger partial charge < -0.3 is 15.6 Å². The van der Waals surface area contributed by atoms with Gasteiger partial charge in [0.15, 0.2) is 5.69 Å². The molecule has 2 heterocycles. The third-order valence-electron chi connectivity index (χ3n) is 5.81. The lowest BCUT2D eigenvalue weighted by atomic mass is 9.99. The second-order valence-electron chi connectivity index (χ2n) is 8.03. The Labute approximate surface area is 180 Å². The number of carboxylic acid groups (broad SMARTS) is 1. The van der Waals surface area contributed by atoms with Gasteiger partial charge in [0.2, 0.25) is 5.91 Å². The van der Waals surface area contributed by atoms with Gasteiger partial charge in [-0.3, -0.25) is 14.4 Å². The average molecular weight is 430 g/mol. The molecule has 1 aliphatic heterocycles. The van der Waals surface area contributed by atoms with Crippen LogP contribution in [-0.2, 0) is 16.1 Å². The van der Waals surface area contributed by atoms with Crippen LogP contribution in [0.3, 0.4) is 0 Å². The molecule has 0 spiro atoms. The molecule has 10 heteroatoms. The largest absolute Gasteiger partial charge is 0.519 e. The Morgan fingerprint density at radius 1 is 1.32 bits per heavy atom. The van der Waals surface area contributed by atoms with Crippen molar-refractivity contribution < 1.29 is 24.2 Å². The van der Waals surface area contributed by atoms with Crippen molar-refractivity contribution >= 4 is 29.5 Å². The summed E-state index contributed by atoms with van der Waals surface area (Å²) >= 11 is 0. The first kappa shape index (κ1) is 22.3. The van der Waals surface area contributed by atoms with Gasteiger partial charge in [0.1, 0.15) is 12.2 Å². The molecule has 0 saturated carbocycles. The molecule has 0 fully saturated rings. The summed E-state index contributed by atoms with van der Waals surface area (Å²) in [5.74, 6) is -0.414.